The van der Waals surface area contributed by atoms with Gasteiger partial charge in [-0.05, 0) is 18.2 Å². The molecule has 0 atom stereocenters. The average molecular weight is 336 g/mol. The van der Waals surface area contributed by atoms with Crippen LogP contribution in [0.5, 0.6) is 0 Å². The Hall–Kier alpha value is -2.41. The first-order valence-corrected chi connectivity index (χ1v) is 8.30. The number of nitrogens with one attached hydrogen (secondary N) is 2. The molecule has 1 aliphatic heterocycles. The van der Waals surface area contributed by atoms with Gasteiger partial charge in [0.1, 0.15) is 11.6 Å². The van der Waals surface area contributed by atoms with Gasteiger partial charge >= 0.3 is 0 Å². The fourth-order valence-corrected chi connectivity index (χ4v) is 2.59. The van der Waals surface area contributed by atoms with Crippen LogP contribution in [0.25, 0.3) is 0 Å². The van der Waals surface area contributed by atoms with Crippen molar-refractivity contribution in [2.75, 3.05) is 31.5 Å². The molecule has 23 heavy (non-hydrogen) atoms. The molecule has 1 heterocycles. The molecule has 0 bridgehead atoms. The van der Waals surface area contributed by atoms with E-state index in [0.717, 1.165) is 19.2 Å². The van der Waals surface area contributed by atoms with E-state index in [1.165, 1.54) is 24.4 Å². The van der Waals surface area contributed by atoms with Gasteiger partial charge in [0, 0.05) is 38.1 Å². The smallest absolute Gasteiger partial charge is 0.294 e. The van der Waals surface area contributed by atoms with Gasteiger partial charge in [-0.25, -0.2) is 0 Å². The number of carbonyl (C=O) groups excluding carboxylic acids is 1. The summed E-state index contributed by atoms with van der Waals surface area (Å²) in [6.45, 7) is 2.92. The maximum atomic E-state index is 12.1. The van der Waals surface area contributed by atoms with Crippen molar-refractivity contribution in [1.29, 1.82) is 5.26 Å². The first kappa shape index (κ1) is 17.0. The van der Waals surface area contributed by atoms with Gasteiger partial charge in [-0.1, -0.05) is 6.07 Å². The lowest BCUT2D eigenvalue weighted by atomic mass is 10.2. The van der Waals surface area contributed by atoms with Crippen molar-refractivity contribution >= 4 is 21.7 Å². The molecule has 1 fully saturated rings. The number of hydrogen-bond donors (Lipinski definition) is 3. The van der Waals surface area contributed by atoms with Gasteiger partial charge in [0.15, 0.2) is 0 Å². The molecule has 9 heteroatoms. The zero-order chi connectivity index (χ0) is 16.9. The molecular formula is C14H16N4O4S. The number of anilines is 1. The van der Waals surface area contributed by atoms with Crippen molar-refractivity contribution in [3.8, 4) is 6.07 Å². The van der Waals surface area contributed by atoms with Crippen LogP contribution in [0.3, 0.4) is 0 Å². The predicted molar refractivity (Wildman–Crippen MR) is 83.0 cm³/mol. The van der Waals surface area contributed by atoms with Crippen LogP contribution in [0.1, 0.15) is 0 Å². The summed E-state index contributed by atoms with van der Waals surface area (Å²) in [6.07, 6.45) is 1.49. The first-order valence-electron chi connectivity index (χ1n) is 6.86. The number of nitriles is 1. The van der Waals surface area contributed by atoms with Crippen LogP contribution in [0, 0.1) is 11.3 Å². The standard InChI is InChI=1S/C14H16N4O4S/c15-9-11(10-18-6-4-16-5-7-18)14(19)17-12-2-1-3-13(8-12)23(20,21)22/h1-3,8,10,16H,4-7H2,(H,17,19)(H,20,21,22)/b11-10-. The molecule has 2 rings (SSSR count). The number of carbonyl (C=O) groups is 1. The number of hydrogen-bond acceptors (Lipinski definition) is 6. The molecule has 1 aromatic carbocycles. The summed E-state index contributed by atoms with van der Waals surface area (Å²) in [5.74, 6) is -0.640. The summed E-state index contributed by atoms with van der Waals surface area (Å²) < 4.78 is 31.2. The molecule has 1 amide bonds. The number of rotatable bonds is 4. The molecule has 0 spiro atoms. The van der Waals surface area contributed by atoms with Crippen molar-refractivity contribution in [3.05, 3.63) is 36.0 Å². The quantitative estimate of drug-likeness (QED) is 0.407. The van der Waals surface area contributed by atoms with E-state index in [9.17, 15) is 13.2 Å². The molecule has 8 nitrogen and oxygen atoms in total. The highest BCUT2D eigenvalue weighted by atomic mass is 32.2. The molecule has 0 unspecified atom stereocenters. The molecule has 0 aliphatic carbocycles. The molecule has 1 aliphatic rings. The largest absolute Gasteiger partial charge is 0.374 e. The Morgan fingerprint density at radius 3 is 2.70 bits per heavy atom. The highest BCUT2D eigenvalue weighted by Gasteiger charge is 2.15. The minimum Gasteiger partial charge on any atom is -0.374 e. The van der Waals surface area contributed by atoms with Crippen molar-refractivity contribution in [2.45, 2.75) is 4.90 Å². The number of piperazine rings is 1. The van der Waals surface area contributed by atoms with Gasteiger partial charge in [0.05, 0.1) is 4.90 Å². The molecule has 1 saturated heterocycles. The second kappa shape index (κ2) is 7.23. The second-order valence-electron chi connectivity index (χ2n) is 4.90. The lowest BCUT2D eigenvalue weighted by Crippen LogP contribution is -2.41. The Kier molecular flexibility index (Phi) is 5.33. The van der Waals surface area contributed by atoms with Gasteiger partial charge < -0.3 is 15.5 Å². The van der Waals surface area contributed by atoms with Gasteiger partial charge in [0.25, 0.3) is 16.0 Å². The van der Waals surface area contributed by atoms with Crippen LogP contribution in [0.4, 0.5) is 5.69 Å². The third-order valence-electron chi connectivity index (χ3n) is 3.22. The molecule has 1 aromatic rings. The topological polar surface area (TPSA) is 123 Å². The molecule has 122 valence electrons. The van der Waals surface area contributed by atoms with Gasteiger partial charge in [-0.3, -0.25) is 9.35 Å². The highest BCUT2D eigenvalue weighted by Crippen LogP contribution is 2.16. The molecule has 0 radical (unpaired) electrons. The third kappa shape index (κ3) is 4.79. The number of nitrogens with zero attached hydrogens (tertiary/aromatic N) is 2. The third-order valence-corrected chi connectivity index (χ3v) is 4.07. The van der Waals surface area contributed by atoms with E-state index >= 15 is 0 Å². The van der Waals surface area contributed by atoms with Gasteiger partial charge in [-0.2, -0.15) is 13.7 Å². The molecular weight excluding hydrogens is 320 g/mol. The van der Waals surface area contributed by atoms with Crippen LogP contribution in [0.15, 0.2) is 40.9 Å². The van der Waals surface area contributed by atoms with Gasteiger partial charge in [0.2, 0.25) is 0 Å². The summed E-state index contributed by atoms with van der Waals surface area (Å²) in [4.78, 5) is 13.7. The summed E-state index contributed by atoms with van der Waals surface area (Å²) >= 11 is 0. The fourth-order valence-electron chi connectivity index (χ4n) is 2.06. The minimum absolute atomic E-state index is 0.0795. The summed E-state index contributed by atoms with van der Waals surface area (Å²) in [5, 5.41) is 14.7. The van der Waals surface area contributed by atoms with Gasteiger partial charge in [-0.15, -0.1) is 0 Å². The fraction of sp³-hybridized carbons (Fsp3) is 0.286. The molecule has 0 saturated carbocycles. The Labute approximate surface area is 134 Å². The summed E-state index contributed by atoms with van der Waals surface area (Å²) in [7, 11) is -4.36. The van der Waals surface area contributed by atoms with E-state index in [0.29, 0.717) is 13.1 Å². The van der Waals surface area contributed by atoms with E-state index in [-0.39, 0.29) is 16.2 Å². The molecule has 3 N–H and O–H groups in total. The van der Waals surface area contributed by atoms with E-state index in [1.54, 1.807) is 0 Å². The average Bonchev–Trinajstić information content (AvgIpc) is 2.53. The summed E-state index contributed by atoms with van der Waals surface area (Å²) in [5.41, 5.74) is 0.0933. The van der Waals surface area contributed by atoms with Crippen molar-refractivity contribution in [2.24, 2.45) is 0 Å². The maximum absolute atomic E-state index is 12.1. The predicted octanol–water partition coefficient (Wildman–Crippen LogP) is 0.184. The first-order chi connectivity index (χ1) is 10.9. The monoisotopic (exact) mass is 336 g/mol. The number of amides is 1. The van der Waals surface area contributed by atoms with Crippen molar-refractivity contribution in [1.82, 2.24) is 10.2 Å². The van der Waals surface area contributed by atoms with Crippen LogP contribution < -0.4 is 10.6 Å². The maximum Gasteiger partial charge on any atom is 0.294 e. The Balaban J connectivity index is 2.14. The van der Waals surface area contributed by atoms with Crippen molar-refractivity contribution < 1.29 is 17.8 Å². The SMILES string of the molecule is N#C/C(=C/N1CCNCC1)C(=O)Nc1cccc(S(=O)(=O)O)c1. The van der Waals surface area contributed by atoms with Crippen LogP contribution in [-0.2, 0) is 14.9 Å². The van der Waals surface area contributed by atoms with Crippen LogP contribution in [-0.4, -0.2) is 50.0 Å². The normalized spacial score (nSPS) is 15.8. The van der Waals surface area contributed by atoms with Crippen LogP contribution >= 0.6 is 0 Å². The zero-order valence-corrected chi connectivity index (χ0v) is 13.0. The highest BCUT2D eigenvalue weighted by molar-refractivity contribution is 7.85. The number of benzene rings is 1. The van der Waals surface area contributed by atoms with Crippen LogP contribution in [0.2, 0.25) is 0 Å². The lowest BCUT2D eigenvalue weighted by Gasteiger charge is -2.26. The zero-order valence-electron chi connectivity index (χ0n) is 12.2. The Morgan fingerprint density at radius 2 is 2.09 bits per heavy atom. The van der Waals surface area contributed by atoms with E-state index in [1.807, 2.05) is 11.0 Å². The minimum atomic E-state index is -4.36. The lowest BCUT2D eigenvalue weighted by molar-refractivity contribution is -0.112. The van der Waals surface area contributed by atoms with Crippen molar-refractivity contribution in [3.63, 3.8) is 0 Å². The van der Waals surface area contributed by atoms with E-state index < -0.39 is 16.0 Å². The second-order valence-corrected chi connectivity index (χ2v) is 6.32. The van der Waals surface area contributed by atoms with E-state index in [2.05, 4.69) is 10.6 Å². The Morgan fingerprint density at radius 1 is 1.39 bits per heavy atom. The summed E-state index contributed by atoms with van der Waals surface area (Å²) in [6, 6.07) is 7.00. The Bertz CT molecular complexity index is 761. The molecule has 0 aromatic heterocycles. The van der Waals surface area contributed by atoms with E-state index in [4.69, 9.17) is 9.81 Å².